The van der Waals surface area contributed by atoms with Crippen LogP contribution in [-0.2, 0) is 35.5 Å². The van der Waals surface area contributed by atoms with Crippen LogP contribution in [0.2, 0.25) is 0 Å². The summed E-state index contributed by atoms with van der Waals surface area (Å²) in [7, 11) is -3.74. The summed E-state index contributed by atoms with van der Waals surface area (Å²) < 4.78 is 32.5. The number of amides is 2. The van der Waals surface area contributed by atoms with Crippen LogP contribution in [0.5, 0.6) is 0 Å². The number of nitrogens with one attached hydrogen (secondary N) is 2. The Morgan fingerprint density at radius 3 is 2.20 bits per heavy atom. The number of carbonyl (C=O) groups is 3. The van der Waals surface area contributed by atoms with Crippen LogP contribution in [0, 0.1) is 0 Å². The van der Waals surface area contributed by atoms with Gasteiger partial charge in [-0.1, -0.05) is 12.1 Å². The first-order chi connectivity index (χ1) is 13.8. The maximum Gasteiger partial charge on any atom is 0.407 e. The molecule has 1 atom stereocenters. The standard InChI is InChI=1S/C19H29N3O7S/c1-13(28-16(23)10-12-22-18(25)29-19(2,3)4)17(24)21-11-9-14-5-7-15(8-6-14)30(20,26)27/h5-8,13H,9-12H2,1-4H3,(H,21,24)(H,22,25)(H2,20,26,27). The molecule has 0 saturated carbocycles. The molecule has 1 rings (SSSR count). The summed E-state index contributed by atoms with van der Waals surface area (Å²) in [5, 5.41) is 10.1. The molecule has 0 heterocycles. The Kier molecular flexibility index (Phi) is 9.24. The topological polar surface area (TPSA) is 154 Å². The molecule has 0 saturated heterocycles. The zero-order valence-corrected chi connectivity index (χ0v) is 18.4. The van der Waals surface area contributed by atoms with Gasteiger partial charge >= 0.3 is 12.1 Å². The lowest BCUT2D eigenvalue weighted by molar-refractivity contribution is -0.154. The summed E-state index contributed by atoms with van der Waals surface area (Å²) in [5.41, 5.74) is 0.169. The molecule has 0 aliphatic heterocycles. The number of hydrogen-bond acceptors (Lipinski definition) is 7. The average molecular weight is 444 g/mol. The molecular formula is C19H29N3O7S. The SMILES string of the molecule is CC(OC(=O)CCNC(=O)OC(C)(C)C)C(=O)NCCc1ccc(S(N)(=O)=O)cc1. The second-order valence-electron chi connectivity index (χ2n) is 7.54. The summed E-state index contributed by atoms with van der Waals surface area (Å²) in [6.45, 7) is 6.91. The number of hydrogen-bond donors (Lipinski definition) is 3. The highest BCUT2D eigenvalue weighted by molar-refractivity contribution is 7.89. The van der Waals surface area contributed by atoms with Gasteiger partial charge in [0.25, 0.3) is 5.91 Å². The molecule has 1 unspecified atom stereocenters. The number of carbonyl (C=O) groups excluding carboxylic acids is 3. The molecule has 30 heavy (non-hydrogen) atoms. The lowest BCUT2D eigenvalue weighted by atomic mass is 10.1. The minimum Gasteiger partial charge on any atom is -0.452 e. The Morgan fingerprint density at radius 1 is 1.07 bits per heavy atom. The fraction of sp³-hybridized carbons (Fsp3) is 0.526. The van der Waals surface area contributed by atoms with Crippen LogP contribution in [-0.4, -0.2) is 51.2 Å². The quantitative estimate of drug-likeness (QED) is 0.478. The van der Waals surface area contributed by atoms with Crippen molar-refractivity contribution in [3.63, 3.8) is 0 Å². The smallest absolute Gasteiger partial charge is 0.407 e. The van der Waals surface area contributed by atoms with E-state index in [-0.39, 0.29) is 24.4 Å². The van der Waals surface area contributed by atoms with Crippen LogP contribution in [0.1, 0.15) is 39.7 Å². The first-order valence-corrected chi connectivity index (χ1v) is 10.9. The second kappa shape index (κ2) is 10.9. The molecule has 0 aromatic heterocycles. The van der Waals surface area contributed by atoms with Crippen LogP contribution >= 0.6 is 0 Å². The van der Waals surface area contributed by atoms with Gasteiger partial charge in [-0.3, -0.25) is 9.59 Å². The van der Waals surface area contributed by atoms with Crippen LogP contribution in [0.15, 0.2) is 29.2 Å². The van der Waals surface area contributed by atoms with Crippen molar-refractivity contribution in [2.45, 2.75) is 57.1 Å². The number of esters is 1. The van der Waals surface area contributed by atoms with Gasteiger partial charge in [0.15, 0.2) is 6.10 Å². The van der Waals surface area contributed by atoms with Crippen LogP contribution in [0.4, 0.5) is 4.79 Å². The zero-order chi connectivity index (χ0) is 22.9. The van der Waals surface area contributed by atoms with Gasteiger partial charge in [-0.05, 0) is 51.8 Å². The Balaban J connectivity index is 2.30. The Morgan fingerprint density at radius 2 is 1.67 bits per heavy atom. The Hall–Kier alpha value is -2.66. The van der Waals surface area contributed by atoms with Crippen molar-refractivity contribution in [3.8, 4) is 0 Å². The highest BCUT2D eigenvalue weighted by atomic mass is 32.2. The van der Waals surface area contributed by atoms with Gasteiger partial charge in [0, 0.05) is 13.1 Å². The van der Waals surface area contributed by atoms with E-state index in [4.69, 9.17) is 14.6 Å². The molecule has 0 spiro atoms. The number of sulfonamides is 1. The van der Waals surface area contributed by atoms with Gasteiger partial charge in [-0.25, -0.2) is 18.4 Å². The third kappa shape index (κ3) is 10.2. The van der Waals surface area contributed by atoms with E-state index >= 15 is 0 Å². The lowest BCUT2D eigenvalue weighted by Gasteiger charge is -2.19. The molecule has 4 N–H and O–H groups in total. The van der Waals surface area contributed by atoms with Gasteiger partial charge in [0.05, 0.1) is 11.3 Å². The van der Waals surface area contributed by atoms with Crippen molar-refractivity contribution in [1.29, 1.82) is 0 Å². The van der Waals surface area contributed by atoms with Crippen molar-refractivity contribution >= 4 is 28.0 Å². The third-order valence-electron chi connectivity index (χ3n) is 3.64. The van der Waals surface area contributed by atoms with Gasteiger partial charge in [0.2, 0.25) is 10.0 Å². The molecule has 1 aromatic rings. The van der Waals surface area contributed by atoms with Crippen molar-refractivity contribution < 1.29 is 32.3 Å². The summed E-state index contributed by atoms with van der Waals surface area (Å²) >= 11 is 0. The largest absolute Gasteiger partial charge is 0.452 e. The summed E-state index contributed by atoms with van der Waals surface area (Å²) in [4.78, 5) is 35.3. The molecule has 0 aliphatic rings. The van der Waals surface area contributed by atoms with Crippen molar-refractivity contribution in [2.75, 3.05) is 13.1 Å². The predicted octanol–water partition coefficient (Wildman–Crippen LogP) is 0.839. The monoisotopic (exact) mass is 443 g/mol. The Bertz CT molecular complexity index is 846. The normalized spacial score (nSPS) is 12.6. The number of rotatable bonds is 9. The fourth-order valence-electron chi connectivity index (χ4n) is 2.21. The lowest BCUT2D eigenvalue weighted by Crippen LogP contribution is -2.38. The van der Waals surface area contributed by atoms with Gasteiger partial charge in [-0.15, -0.1) is 0 Å². The minimum absolute atomic E-state index is 0.0111. The van der Waals surface area contributed by atoms with Crippen molar-refractivity contribution in [1.82, 2.24) is 10.6 Å². The highest BCUT2D eigenvalue weighted by Gasteiger charge is 2.19. The van der Waals surface area contributed by atoms with Crippen molar-refractivity contribution in [3.05, 3.63) is 29.8 Å². The predicted molar refractivity (Wildman–Crippen MR) is 109 cm³/mol. The molecule has 0 radical (unpaired) electrons. The first-order valence-electron chi connectivity index (χ1n) is 9.34. The molecule has 0 fully saturated rings. The van der Waals surface area contributed by atoms with E-state index in [2.05, 4.69) is 10.6 Å². The van der Waals surface area contributed by atoms with Crippen LogP contribution in [0.3, 0.4) is 0 Å². The molecule has 2 amide bonds. The summed E-state index contributed by atoms with van der Waals surface area (Å²) in [6, 6.07) is 5.99. The second-order valence-corrected chi connectivity index (χ2v) is 9.10. The van der Waals surface area contributed by atoms with E-state index < -0.39 is 39.7 Å². The summed E-state index contributed by atoms with van der Waals surface area (Å²) in [5.74, 6) is -1.10. The molecule has 11 heteroatoms. The van der Waals surface area contributed by atoms with Gasteiger partial charge in [-0.2, -0.15) is 0 Å². The van der Waals surface area contributed by atoms with Gasteiger partial charge < -0.3 is 20.1 Å². The highest BCUT2D eigenvalue weighted by Crippen LogP contribution is 2.09. The molecule has 0 aliphatic carbocycles. The number of benzene rings is 1. The molecule has 168 valence electrons. The van der Waals surface area contributed by atoms with E-state index in [9.17, 15) is 22.8 Å². The van der Waals surface area contributed by atoms with Crippen LogP contribution < -0.4 is 15.8 Å². The number of primary sulfonamides is 1. The van der Waals surface area contributed by atoms with Gasteiger partial charge in [0.1, 0.15) is 5.60 Å². The van der Waals surface area contributed by atoms with Crippen molar-refractivity contribution in [2.24, 2.45) is 5.14 Å². The average Bonchev–Trinajstić information content (AvgIpc) is 2.59. The minimum atomic E-state index is -3.74. The number of ether oxygens (including phenoxy) is 2. The zero-order valence-electron chi connectivity index (χ0n) is 17.6. The fourth-order valence-corrected chi connectivity index (χ4v) is 2.73. The molecular weight excluding hydrogens is 414 g/mol. The Labute approximate surface area is 176 Å². The summed E-state index contributed by atoms with van der Waals surface area (Å²) in [6.07, 6.45) is -1.29. The maximum absolute atomic E-state index is 12.0. The molecule has 1 aromatic carbocycles. The van der Waals surface area contributed by atoms with E-state index in [1.165, 1.54) is 19.1 Å². The van der Waals surface area contributed by atoms with E-state index in [0.717, 1.165) is 5.56 Å². The molecule has 10 nitrogen and oxygen atoms in total. The molecule has 0 bridgehead atoms. The van der Waals surface area contributed by atoms with E-state index in [1.54, 1.807) is 32.9 Å². The van der Waals surface area contributed by atoms with Crippen LogP contribution in [0.25, 0.3) is 0 Å². The maximum atomic E-state index is 12.0. The third-order valence-corrected chi connectivity index (χ3v) is 4.57. The van der Waals surface area contributed by atoms with E-state index in [1.807, 2.05) is 0 Å². The first kappa shape index (κ1) is 25.4. The van der Waals surface area contributed by atoms with E-state index in [0.29, 0.717) is 6.42 Å². The number of alkyl carbamates (subject to hydrolysis) is 1. The number of nitrogens with two attached hydrogens (primary N) is 1.